The van der Waals surface area contributed by atoms with Crippen LogP contribution in [0.2, 0.25) is 0 Å². The molecule has 0 atom stereocenters. The number of hydrogen-bond acceptors (Lipinski definition) is 4. The lowest BCUT2D eigenvalue weighted by Crippen LogP contribution is -2.34. The summed E-state index contributed by atoms with van der Waals surface area (Å²) in [5.74, 6) is 0.322. The van der Waals surface area contributed by atoms with Crippen molar-refractivity contribution in [2.75, 3.05) is 12.4 Å². The molecule has 20 heavy (non-hydrogen) atoms. The van der Waals surface area contributed by atoms with Crippen molar-refractivity contribution in [3.8, 4) is 5.75 Å². The maximum absolute atomic E-state index is 11.9. The number of benzene rings is 1. The highest BCUT2D eigenvalue weighted by Crippen LogP contribution is 2.21. The Morgan fingerprint density at radius 1 is 1.25 bits per heavy atom. The van der Waals surface area contributed by atoms with Crippen LogP contribution in [0, 0.1) is 0 Å². The van der Waals surface area contributed by atoms with E-state index in [1.54, 1.807) is 49.8 Å². The fourth-order valence-corrected chi connectivity index (χ4v) is 1.77. The number of methoxy groups -OCH3 is 1. The fraction of sp³-hybridized carbons (Fsp3) is 0.0714. The maximum atomic E-state index is 11.9. The molecule has 0 spiro atoms. The van der Waals surface area contributed by atoms with Crippen LogP contribution < -0.4 is 15.4 Å². The molecule has 0 radical (unpaired) electrons. The molecule has 1 heterocycles. The van der Waals surface area contributed by atoms with Gasteiger partial charge in [0.1, 0.15) is 11.4 Å². The highest BCUT2D eigenvalue weighted by Gasteiger charge is 2.09. The van der Waals surface area contributed by atoms with Crippen LogP contribution in [-0.2, 0) is 0 Å². The summed E-state index contributed by atoms with van der Waals surface area (Å²) in [5, 5.41) is 5.65. The lowest BCUT2D eigenvalue weighted by molar-refractivity contribution is 0.0977. The second kappa shape index (κ2) is 6.63. The summed E-state index contributed by atoms with van der Waals surface area (Å²) in [6.45, 7) is 0. The fourth-order valence-electron chi connectivity index (χ4n) is 1.57. The topological polar surface area (TPSA) is 63.2 Å². The van der Waals surface area contributed by atoms with E-state index in [4.69, 9.17) is 17.0 Å². The quantitative estimate of drug-likeness (QED) is 0.848. The van der Waals surface area contributed by atoms with Gasteiger partial charge in [-0.3, -0.25) is 15.1 Å². The molecule has 0 saturated heterocycles. The number of carbonyl (C=O) groups is 1. The molecule has 0 aliphatic rings. The molecule has 1 aromatic heterocycles. The third kappa shape index (κ3) is 3.52. The van der Waals surface area contributed by atoms with Crippen LogP contribution in [0.5, 0.6) is 5.75 Å². The first-order chi connectivity index (χ1) is 9.70. The largest absolute Gasteiger partial charge is 0.494 e. The number of nitrogens with one attached hydrogen (secondary N) is 2. The number of carbonyl (C=O) groups excluding carboxylic acids is 1. The van der Waals surface area contributed by atoms with Crippen LogP contribution in [0.1, 0.15) is 10.4 Å². The van der Waals surface area contributed by atoms with Crippen LogP contribution in [0.25, 0.3) is 0 Å². The van der Waals surface area contributed by atoms with E-state index in [-0.39, 0.29) is 11.0 Å². The minimum atomic E-state index is -0.272. The van der Waals surface area contributed by atoms with Crippen molar-refractivity contribution in [1.82, 2.24) is 10.3 Å². The minimum Gasteiger partial charge on any atom is -0.494 e. The van der Waals surface area contributed by atoms with Gasteiger partial charge in [0.15, 0.2) is 5.11 Å². The molecule has 1 aromatic carbocycles. The zero-order chi connectivity index (χ0) is 14.4. The summed E-state index contributed by atoms with van der Waals surface area (Å²) < 4.78 is 5.16. The summed E-state index contributed by atoms with van der Waals surface area (Å²) in [6, 6.07) is 10.5. The predicted molar refractivity (Wildman–Crippen MR) is 80.9 cm³/mol. The zero-order valence-corrected chi connectivity index (χ0v) is 11.6. The highest BCUT2D eigenvalue weighted by atomic mass is 32.1. The first kappa shape index (κ1) is 14.0. The molecule has 0 saturated carbocycles. The number of amides is 1. The Bertz CT molecular complexity index is 617. The molecular formula is C14H13N3O2S. The average molecular weight is 287 g/mol. The number of aromatic nitrogens is 1. The summed E-state index contributed by atoms with van der Waals surface area (Å²) in [7, 11) is 1.55. The van der Waals surface area contributed by atoms with Gasteiger partial charge in [-0.1, -0.05) is 18.2 Å². The Balaban J connectivity index is 2.01. The number of hydrogen-bond donors (Lipinski definition) is 2. The minimum absolute atomic E-state index is 0.185. The average Bonchev–Trinajstić information content (AvgIpc) is 2.48. The van der Waals surface area contributed by atoms with Gasteiger partial charge >= 0.3 is 0 Å². The number of rotatable bonds is 3. The molecule has 2 aromatic rings. The number of ether oxygens (including phenoxy) is 1. The van der Waals surface area contributed by atoms with Gasteiger partial charge in [-0.05, 0) is 24.4 Å². The molecule has 2 N–H and O–H groups in total. The van der Waals surface area contributed by atoms with Crippen LogP contribution >= 0.6 is 12.2 Å². The van der Waals surface area contributed by atoms with E-state index in [9.17, 15) is 4.79 Å². The second-order valence-electron chi connectivity index (χ2n) is 3.85. The van der Waals surface area contributed by atoms with Gasteiger partial charge in [0.05, 0.1) is 13.3 Å². The van der Waals surface area contributed by atoms with E-state index >= 15 is 0 Å². The zero-order valence-electron chi connectivity index (χ0n) is 10.8. The van der Waals surface area contributed by atoms with Crippen molar-refractivity contribution in [2.24, 2.45) is 0 Å². The molecule has 0 aliphatic carbocycles. The van der Waals surface area contributed by atoms with E-state index in [1.807, 2.05) is 6.07 Å². The van der Waals surface area contributed by atoms with Crippen molar-refractivity contribution in [1.29, 1.82) is 0 Å². The number of anilines is 1. The monoisotopic (exact) mass is 287 g/mol. The van der Waals surface area contributed by atoms with Crippen molar-refractivity contribution in [2.45, 2.75) is 0 Å². The van der Waals surface area contributed by atoms with Crippen LogP contribution in [0.4, 0.5) is 5.69 Å². The standard InChI is InChI=1S/C14H13N3O2S/c1-19-12-7-8-15-9-11(12)16-14(20)17-13(18)10-5-3-2-4-6-10/h2-9H,1H3,(H2,16,17,18,20). The first-order valence-electron chi connectivity index (χ1n) is 5.86. The molecule has 5 nitrogen and oxygen atoms in total. The summed E-state index contributed by atoms with van der Waals surface area (Å²) >= 11 is 5.09. The van der Waals surface area contributed by atoms with Crippen molar-refractivity contribution in [3.05, 3.63) is 54.4 Å². The van der Waals surface area contributed by atoms with Gasteiger partial charge in [0.2, 0.25) is 0 Å². The summed E-state index contributed by atoms with van der Waals surface area (Å²) in [6.07, 6.45) is 3.18. The Labute approximate surface area is 122 Å². The predicted octanol–water partition coefficient (Wildman–Crippen LogP) is 2.22. The molecule has 0 bridgehead atoms. The van der Waals surface area contributed by atoms with E-state index < -0.39 is 0 Å². The van der Waals surface area contributed by atoms with Crippen LogP contribution in [0.3, 0.4) is 0 Å². The lowest BCUT2D eigenvalue weighted by atomic mass is 10.2. The Kier molecular flexibility index (Phi) is 4.62. The summed E-state index contributed by atoms with van der Waals surface area (Å²) in [5.41, 5.74) is 1.13. The summed E-state index contributed by atoms with van der Waals surface area (Å²) in [4.78, 5) is 15.9. The molecule has 6 heteroatoms. The van der Waals surface area contributed by atoms with Gasteiger partial charge in [0.25, 0.3) is 5.91 Å². The maximum Gasteiger partial charge on any atom is 0.257 e. The van der Waals surface area contributed by atoms with Gasteiger partial charge in [0, 0.05) is 17.8 Å². The number of thiocarbonyl (C=S) groups is 1. The highest BCUT2D eigenvalue weighted by molar-refractivity contribution is 7.80. The van der Waals surface area contributed by atoms with Gasteiger partial charge in [-0.2, -0.15) is 0 Å². The molecule has 0 aliphatic heterocycles. The Morgan fingerprint density at radius 3 is 2.70 bits per heavy atom. The molecule has 0 unspecified atom stereocenters. The normalized spacial score (nSPS) is 9.65. The van der Waals surface area contributed by atoms with Crippen molar-refractivity contribution >= 4 is 28.9 Å². The number of nitrogens with zero attached hydrogens (tertiary/aromatic N) is 1. The number of pyridine rings is 1. The Hall–Kier alpha value is -2.47. The molecule has 2 rings (SSSR count). The lowest BCUT2D eigenvalue weighted by Gasteiger charge is -2.11. The van der Waals surface area contributed by atoms with E-state index in [1.165, 1.54) is 0 Å². The Morgan fingerprint density at radius 2 is 2.00 bits per heavy atom. The van der Waals surface area contributed by atoms with Gasteiger partial charge < -0.3 is 10.1 Å². The first-order valence-corrected chi connectivity index (χ1v) is 6.27. The third-order valence-corrected chi connectivity index (χ3v) is 2.72. The van der Waals surface area contributed by atoms with Crippen molar-refractivity contribution < 1.29 is 9.53 Å². The molecule has 1 amide bonds. The van der Waals surface area contributed by atoms with Crippen LogP contribution in [-0.4, -0.2) is 23.1 Å². The smallest absolute Gasteiger partial charge is 0.257 e. The SMILES string of the molecule is COc1ccncc1NC(=S)NC(=O)c1ccccc1. The van der Waals surface area contributed by atoms with Gasteiger partial charge in [-0.15, -0.1) is 0 Å². The second-order valence-corrected chi connectivity index (χ2v) is 4.26. The molecule has 0 fully saturated rings. The third-order valence-electron chi connectivity index (χ3n) is 2.51. The van der Waals surface area contributed by atoms with Crippen LogP contribution in [0.15, 0.2) is 48.8 Å². The van der Waals surface area contributed by atoms with E-state index in [0.717, 1.165) is 0 Å². The van der Waals surface area contributed by atoms with Crippen molar-refractivity contribution in [3.63, 3.8) is 0 Å². The van der Waals surface area contributed by atoms with Gasteiger partial charge in [-0.25, -0.2) is 0 Å². The van der Waals surface area contributed by atoms with E-state index in [2.05, 4.69) is 15.6 Å². The molecular weight excluding hydrogens is 274 g/mol. The molecule has 102 valence electrons. The van der Waals surface area contributed by atoms with E-state index in [0.29, 0.717) is 17.0 Å².